The molecule has 106 valence electrons. The van der Waals surface area contributed by atoms with Crippen molar-refractivity contribution in [3.63, 3.8) is 0 Å². The Hall–Kier alpha value is -3.15. The molecule has 0 aromatic heterocycles. The minimum Gasteiger partial charge on any atom is -0.870 e. The van der Waals surface area contributed by atoms with E-state index in [1.165, 1.54) is 18.2 Å². The van der Waals surface area contributed by atoms with Crippen LogP contribution in [-0.2, 0) is 0 Å². The molecule has 0 atom stereocenters. The zero-order valence-electron chi connectivity index (χ0n) is 10.5. The third kappa shape index (κ3) is 2.12. The van der Waals surface area contributed by atoms with Gasteiger partial charge < -0.3 is 24.8 Å². The molecular weight excluding hydrogens is 276 g/mol. The number of hydrogen-bond donors (Lipinski definition) is 3. The average Bonchev–Trinajstić information content (AvgIpc) is 2.42. The smallest absolute Gasteiger partial charge is 0.186 e. The number of fused-ring (bicyclic) bond motifs is 1. The summed E-state index contributed by atoms with van der Waals surface area (Å²) in [7, 11) is 0. The van der Waals surface area contributed by atoms with Crippen LogP contribution in [-0.4, -0.2) is 15.3 Å². The van der Waals surface area contributed by atoms with Gasteiger partial charge in [0.25, 0.3) is 0 Å². The molecule has 0 radical (unpaired) electrons. The summed E-state index contributed by atoms with van der Waals surface area (Å²) in [6, 6.07) is 7.06. The van der Waals surface area contributed by atoms with Gasteiger partial charge in [-0.2, -0.15) is 0 Å². The number of rotatable bonds is 1. The predicted octanol–water partition coefficient (Wildman–Crippen LogP) is 1.60. The molecule has 21 heavy (non-hydrogen) atoms. The summed E-state index contributed by atoms with van der Waals surface area (Å²) < 4.78 is 5.41. The van der Waals surface area contributed by atoms with Crippen LogP contribution in [0, 0.1) is 0 Å². The highest BCUT2D eigenvalue weighted by Crippen LogP contribution is 2.40. The van der Waals surface area contributed by atoms with E-state index in [9.17, 15) is 25.2 Å². The second-order valence-electron chi connectivity index (χ2n) is 4.50. The Morgan fingerprint density at radius 3 is 2.38 bits per heavy atom. The minimum absolute atomic E-state index is 0.0252. The molecule has 3 rings (SSSR count). The summed E-state index contributed by atoms with van der Waals surface area (Å²) in [5.74, 6) is -1.59. The molecule has 1 heterocycles. The Balaban J connectivity index is 2.28. The molecule has 0 saturated carbocycles. The van der Waals surface area contributed by atoms with Crippen molar-refractivity contribution < 1.29 is 24.8 Å². The monoisotopic (exact) mass is 285 g/mol. The van der Waals surface area contributed by atoms with E-state index < -0.39 is 16.9 Å². The molecule has 0 spiro atoms. The summed E-state index contributed by atoms with van der Waals surface area (Å²) >= 11 is 0. The van der Waals surface area contributed by atoms with Crippen molar-refractivity contribution in [2.45, 2.75) is 0 Å². The topological polar surface area (TPSA) is 114 Å². The zero-order valence-corrected chi connectivity index (χ0v) is 10.5. The summed E-state index contributed by atoms with van der Waals surface area (Å²) in [6.07, 6.45) is 0. The molecule has 6 heteroatoms. The van der Waals surface area contributed by atoms with E-state index in [0.29, 0.717) is 0 Å². The first-order valence-electron chi connectivity index (χ1n) is 5.96. The van der Waals surface area contributed by atoms with Crippen molar-refractivity contribution in [2.75, 3.05) is 0 Å². The first-order valence-corrected chi connectivity index (χ1v) is 5.96. The maximum Gasteiger partial charge on any atom is 0.186 e. The Morgan fingerprint density at radius 2 is 1.67 bits per heavy atom. The van der Waals surface area contributed by atoms with Gasteiger partial charge in [-0.1, -0.05) is 17.9 Å². The van der Waals surface area contributed by atoms with Gasteiger partial charge in [-0.3, -0.25) is 4.79 Å². The molecule has 0 bridgehead atoms. The molecule has 0 unspecified atom stereocenters. The molecule has 0 amide bonds. The molecule has 1 aromatic rings. The van der Waals surface area contributed by atoms with Crippen molar-refractivity contribution in [3.05, 3.63) is 46.6 Å². The van der Waals surface area contributed by atoms with Gasteiger partial charge in [-0.25, -0.2) is 0 Å². The fourth-order valence-corrected chi connectivity index (χ4v) is 2.05. The van der Waals surface area contributed by atoms with E-state index in [0.717, 1.165) is 18.2 Å². The lowest BCUT2D eigenvalue weighted by atomic mass is 10.1. The van der Waals surface area contributed by atoms with Crippen LogP contribution in [0.25, 0.3) is 22.6 Å². The van der Waals surface area contributed by atoms with Gasteiger partial charge in [0, 0.05) is 17.7 Å². The second-order valence-corrected chi connectivity index (χ2v) is 4.50. The van der Waals surface area contributed by atoms with E-state index in [-0.39, 0.29) is 34.1 Å². The Morgan fingerprint density at radius 1 is 0.905 bits per heavy atom. The van der Waals surface area contributed by atoms with Gasteiger partial charge in [-0.05, 0) is 12.1 Å². The Labute approximate surface area is 118 Å². The quantitative estimate of drug-likeness (QED) is 0.625. The van der Waals surface area contributed by atoms with Crippen LogP contribution >= 0.6 is 0 Å². The van der Waals surface area contributed by atoms with Crippen molar-refractivity contribution in [1.29, 1.82) is 0 Å². The summed E-state index contributed by atoms with van der Waals surface area (Å²) in [4.78, 5) is 11.4. The third-order valence-corrected chi connectivity index (χ3v) is 3.04. The van der Waals surface area contributed by atoms with Crippen molar-refractivity contribution in [3.8, 4) is 45.6 Å². The number of phenolic OH excluding ortho intramolecular Hbond substituents is 2. The van der Waals surface area contributed by atoms with Gasteiger partial charge in [0.05, 0.1) is 5.56 Å². The van der Waals surface area contributed by atoms with Gasteiger partial charge in [0.2, 0.25) is 0 Å². The van der Waals surface area contributed by atoms with Crippen LogP contribution in [0.2, 0.25) is 0 Å². The van der Waals surface area contributed by atoms with Crippen molar-refractivity contribution in [1.82, 2.24) is 0 Å². The molecular formula is C15H9O6-. The zero-order chi connectivity index (χ0) is 15.1. The SMILES string of the molecule is O=c1cc2oc(-c3ccc([O-])c(O)c3)c(O)cc-2c(O)c1. The largest absolute Gasteiger partial charge is 0.870 e. The van der Waals surface area contributed by atoms with Crippen LogP contribution in [0.4, 0.5) is 0 Å². The van der Waals surface area contributed by atoms with Gasteiger partial charge in [-0.15, -0.1) is 0 Å². The van der Waals surface area contributed by atoms with E-state index in [1.54, 1.807) is 0 Å². The van der Waals surface area contributed by atoms with E-state index >= 15 is 0 Å². The lowest BCUT2D eigenvalue weighted by molar-refractivity contribution is -0.270. The summed E-state index contributed by atoms with van der Waals surface area (Å²) in [5.41, 5.74) is 0.000881. The third-order valence-electron chi connectivity index (χ3n) is 3.04. The molecule has 1 aliphatic heterocycles. The highest BCUT2D eigenvalue weighted by atomic mass is 16.4. The number of hydrogen-bond acceptors (Lipinski definition) is 6. The average molecular weight is 285 g/mol. The second kappa shape index (κ2) is 4.45. The fourth-order valence-electron chi connectivity index (χ4n) is 2.05. The molecule has 6 nitrogen and oxygen atoms in total. The predicted molar refractivity (Wildman–Crippen MR) is 71.5 cm³/mol. The standard InChI is InChI=1S/C15H10O6/c16-8-4-11(18)9-6-13(20)15(21-14(9)5-8)7-1-2-10(17)12(19)3-7/h1-6,17-20H/p-1. The van der Waals surface area contributed by atoms with Crippen molar-refractivity contribution >= 4 is 0 Å². The van der Waals surface area contributed by atoms with E-state index in [1.807, 2.05) is 0 Å². The Kier molecular flexibility index (Phi) is 2.72. The lowest BCUT2D eigenvalue weighted by Gasteiger charge is -2.13. The minimum atomic E-state index is -0.557. The van der Waals surface area contributed by atoms with Crippen LogP contribution in [0.15, 0.2) is 45.6 Å². The molecule has 2 aliphatic rings. The number of aromatic hydroxyl groups is 3. The highest BCUT2D eigenvalue weighted by Gasteiger charge is 2.17. The lowest BCUT2D eigenvalue weighted by Crippen LogP contribution is -1.99. The fraction of sp³-hybridized carbons (Fsp3) is 0. The van der Waals surface area contributed by atoms with E-state index in [4.69, 9.17) is 4.42 Å². The first kappa shape index (κ1) is 12.9. The normalized spacial score (nSPS) is 10.9. The first-order chi connectivity index (χ1) is 9.95. The summed E-state index contributed by atoms with van der Waals surface area (Å²) in [5, 5.41) is 40.2. The van der Waals surface area contributed by atoms with Gasteiger partial charge in [0.15, 0.2) is 16.9 Å². The molecule has 0 fully saturated rings. The van der Waals surface area contributed by atoms with Crippen LogP contribution in [0.1, 0.15) is 0 Å². The molecule has 1 aliphatic carbocycles. The Bertz CT molecular complexity index is 865. The van der Waals surface area contributed by atoms with Crippen LogP contribution < -0.4 is 10.5 Å². The van der Waals surface area contributed by atoms with Gasteiger partial charge >= 0.3 is 0 Å². The maximum atomic E-state index is 11.4. The van der Waals surface area contributed by atoms with E-state index in [2.05, 4.69) is 0 Å². The highest BCUT2D eigenvalue weighted by molar-refractivity contribution is 5.75. The van der Waals surface area contributed by atoms with Crippen LogP contribution in [0.5, 0.6) is 23.0 Å². The van der Waals surface area contributed by atoms with Gasteiger partial charge in [0.1, 0.15) is 17.3 Å². The molecule has 1 aromatic carbocycles. The summed E-state index contributed by atoms with van der Waals surface area (Å²) in [6.45, 7) is 0. The number of phenols is 2. The molecule has 0 saturated heterocycles. The van der Waals surface area contributed by atoms with Crippen LogP contribution in [0.3, 0.4) is 0 Å². The number of benzene rings is 2. The maximum absolute atomic E-state index is 11.4. The molecule has 3 N–H and O–H groups in total. The van der Waals surface area contributed by atoms with Crippen molar-refractivity contribution in [2.24, 2.45) is 0 Å².